The molecule has 0 bridgehead atoms. The molecule has 0 saturated heterocycles. The zero-order valence-corrected chi connectivity index (χ0v) is 12.5. The van der Waals surface area contributed by atoms with E-state index < -0.39 is 0 Å². The molecule has 2 aromatic heterocycles. The van der Waals surface area contributed by atoms with Crippen molar-refractivity contribution in [2.75, 3.05) is 12.3 Å². The van der Waals surface area contributed by atoms with Crippen LogP contribution in [0, 0.1) is 6.92 Å². The minimum atomic E-state index is -0.00241. The van der Waals surface area contributed by atoms with Crippen molar-refractivity contribution in [3.8, 4) is 0 Å². The van der Waals surface area contributed by atoms with Crippen LogP contribution in [0.1, 0.15) is 36.0 Å². The Morgan fingerprint density at radius 2 is 2.21 bits per heavy atom. The number of rotatable bonds is 3. The monoisotopic (exact) mass is 277 g/mol. The smallest absolute Gasteiger partial charge is 0.266 e. The van der Waals surface area contributed by atoms with Crippen molar-refractivity contribution in [1.29, 1.82) is 0 Å². The van der Waals surface area contributed by atoms with Crippen molar-refractivity contribution in [1.82, 2.24) is 9.88 Å². The quantitative estimate of drug-likeness (QED) is 0.938. The molecule has 0 saturated carbocycles. The molecule has 2 heterocycles. The third-order valence-electron chi connectivity index (χ3n) is 3.26. The summed E-state index contributed by atoms with van der Waals surface area (Å²) in [6.07, 6.45) is 1.75. The van der Waals surface area contributed by atoms with E-state index in [1.54, 1.807) is 6.20 Å². The predicted octanol–water partition coefficient (Wildman–Crippen LogP) is 3.06. The van der Waals surface area contributed by atoms with Gasteiger partial charge in [0.25, 0.3) is 5.91 Å². The van der Waals surface area contributed by atoms with Gasteiger partial charge in [-0.2, -0.15) is 0 Å². The summed E-state index contributed by atoms with van der Waals surface area (Å²) in [5.74, 6) is -0.00241. The number of aromatic nitrogens is 1. The number of aryl methyl sites for hydroxylation is 1. The van der Waals surface area contributed by atoms with Crippen LogP contribution in [-0.2, 0) is 0 Å². The van der Waals surface area contributed by atoms with Gasteiger partial charge in [0.05, 0.1) is 5.69 Å². The second kappa shape index (κ2) is 5.17. The SMILES string of the molecule is CCN(C(=O)c1sc2nccc(C)c2c1N)C(C)C. The Kier molecular flexibility index (Phi) is 3.75. The van der Waals surface area contributed by atoms with E-state index in [1.165, 1.54) is 11.3 Å². The molecule has 0 atom stereocenters. The number of nitrogen functional groups attached to an aromatic ring is 1. The lowest BCUT2D eigenvalue weighted by molar-refractivity contribution is 0.0723. The van der Waals surface area contributed by atoms with E-state index in [1.807, 2.05) is 38.7 Å². The van der Waals surface area contributed by atoms with Gasteiger partial charge in [0, 0.05) is 24.2 Å². The van der Waals surface area contributed by atoms with Crippen molar-refractivity contribution < 1.29 is 4.79 Å². The molecule has 2 aromatic rings. The molecular formula is C14H19N3OS. The molecule has 0 spiro atoms. The first kappa shape index (κ1) is 13.8. The number of carbonyl (C=O) groups is 1. The summed E-state index contributed by atoms with van der Waals surface area (Å²) in [5.41, 5.74) is 7.78. The average molecular weight is 277 g/mol. The van der Waals surface area contributed by atoms with Crippen LogP contribution >= 0.6 is 11.3 Å². The van der Waals surface area contributed by atoms with E-state index in [4.69, 9.17) is 5.73 Å². The number of hydrogen-bond donors (Lipinski definition) is 1. The molecule has 0 fully saturated rings. The normalized spacial score (nSPS) is 11.2. The van der Waals surface area contributed by atoms with Crippen LogP contribution in [0.15, 0.2) is 12.3 Å². The van der Waals surface area contributed by atoms with Gasteiger partial charge in [-0.15, -0.1) is 11.3 Å². The second-order valence-corrected chi connectivity index (χ2v) is 5.84. The standard InChI is InChI=1S/C14H19N3OS/c1-5-17(8(2)3)14(18)12-11(15)10-9(4)6-7-16-13(10)19-12/h6-8H,5,15H2,1-4H3. The van der Waals surface area contributed by atoms with Crippen LogP contribution < -0.4 is 5.73 Å². The number of thiophene rings is 1. The zero-order valence-electron chi connectivity index (χ0n) is 11.7. The minimum absolute atomic E-state index is 0.00241. The maximum atomic E-state index is 12.5. The van der Waals surface area contributed by atoms with E-state index in [0.29, 0.717) is 17.1 Å². The van der Waals surface area contributed by atoms with Gasteiger partial charge in [-0.25, -0.2) is 4.98 Å². The van der Waals surface area contributed by atoms with Crippen LogP contribution in [0.5, 0.6) is 0 Å². The Hall–Kier alpha value is -1.62. The molecule has 0 radical (unpaired) electrons. The van der Waals surface area contributed by atoms with Gasteiger partial charge in [-0.05, 0) is 39.3 Å². The zero-order chi connectivity index (χ0) is 14.2. The highest BCUT2D eigenvalue weighted by Gasteiger charge is 2.23. The van der Waals surface area contributed by atoms with Crippen molar-refractivity contribution in [2.24, 2.45) is 0 Å². The van der Waals surface area contributed by atoms with E-state index >= 15 is 0 Å². The number of amides is 1. The Labute approximate surface area is 117 Å². The first-order valence-corrected chi connectivity index (χ1v) is 7.23. The Morgan fingerprint density at radius 3 is 2.74 bits per heavy atom. The van der Waals surface area contributed by atoms with E-state index in [2.05, 4.69) is 4.98 Å². The summed E-state index contributed by atoms with van der Waals surface area (Å²) in [5, 5.41) is 0.913. The van der Waals surface area contributed by atoms with Crippen molar-refractivity contribution >= 4 is 33.1 Å². The molecule has 0 aliphatic rings. The fraction of sp³-hybridized carbons (Fsp3) is 0.429. The lowest BCUT2D eigenvalue weighted by Crippen LogP contribution is -2.36. The molecule has 19 heavy (non-hydrogen) atoms. The summed E-state index contributed by atoms with van der Waals surface area (Å²) in [6, 6.07) is 2.08. The van der Waals surface area contributed by atoms with Crippen molar-refractivity contribution in [2.45, 2.75) is 33.7 Å². The van der Waals surface area contributed by atoms with Gasteiger partial charge in [0.1, 0.15) is 9.71 Å². The highest BCUT2D eigenvalue weighted by molar-refractivity contribution is 7.21. The van der Waals surface area contributed by atoms with Gasteiger partial charge >= 0.3 is 0 Å². The molecule has 5 heteroatoms. The molecule has 0 aromatic carbocycles. The number of carbonyl (C=O) groups excluding carboxylic acids is 1. The van der Waals surface area contributed by atoms with E-state index in [-0.39, 0.29) is 11.9 Å². The number of pyridine rings is 1. The molecular weight excluding hydrogens is 258 g/mol. The van der Waals surface area contributed by atoms with Crippen LogP contribution in [0.25, 0.3) is 10.2 Å². The fourth-order valence-electron chi connectivity index (χ4n) is 2.24. The van der Waals surface area contributed by atoms with Crippen LogP contribution in [0.4, 0.5) is 5.69 Å². The first-order valence-electron chi connectivity index (χ1n) is 6.41. The maximum Gasteiger partial charge on any atom is 0.266 e. The Morgan fingerprint density at radius 1 is 1.53 bits per heavy atom. The molecule has 2 rings (SSSR count). The minimum Gasteiger partial charge on any atom is -0.397 e. The largest absolute Gasteiger partial charge is 0.397 e. The highest BCUT2D eigenvalue weighted by atomic mass is 32.1. The van der Waals surface area contributed by atoms with Gasteiger partial charge in [0.2, 0.25) is 0 Å². The van der Waals surface area contributed by atoms with E-state index in [0.717, 1.165) is 15.8 Å². The summed E-state index contributed by atoms with van der Waals surface area (Å²) in [4.78, 5) is 20.1. The van der Waals surface area contributed by atoms with Gasteiger partial charge in [-0.1, -0.05) is 0 Å². The van der Waals surface area contributed by atoms with Crippen molar-refractivity contribution in [3.05, 3.63) is 22.7 Å². The summed E-state index contributed by atoms with van der Waals surface area (Å²) < 4.78 is 0. The summed E-state index contributed by atoms with van der Waals surface area (Å²) >= 11 is 1.38. The fourth-order valence-corrected chi connectivity index (χ4v) is 3.33. The van der Waals surface area contributed by atoms with Gasteiger partial charge in [0.15, 0.2) is 0 Å². The third-order valence-corrected chi connectivity index (χ3v) is 4.36. The lowest BCUT2D eigenvalue weighted by Gasteiger charge is -2.24. The molecule has 2 N–H and O–H groups in total. The number of nitrogens with zero attached hydrogens (tertiary/aromatic N) is 2. The van der Waals surface area contributed by atoms with Gasteiger partial charge < -0.3 is 10.6 Å². The average Bonchev–Trinajstić information content (AvgIpc) is 2.68. The molecule has 4 nitrogen and oxygen atoms in total. The highest BCUT2D eigenvalue weighted by Crippen LogP contribution is 2.35. The molecule has 1 amide bonds. The number of hydrogen-bond acceptors (Lipinski definition) is 4. The summed E-state index contributed by atoms with van der Waals surface area (Å²) in [6.45, 7) is 8.66. The van der Waals surface area contributed by atoms with E-state index in [9.17, 15) is 4.79 Å². The number of nitrogens with two attached hydrogens (primary N) is 1. The maximum absolute atomic E-state index is 12.5. The first-order chi connectivity index (χ1) is 8.97. The molecule has 0 aliphatic carbocycles. The molecule has 0 unspecified atom stereocenters. The van der Waals surface area contributed by atoms with Crippen LogP contribution in [0.2, 0.25) is 0 Å². The molecule has 102 valence electrons. The third kappa shape index (κ3) is 2.30. The second-order valence-electron chi connectivity index (χ2n) is 4.84. The molecule has 0 aliphatic heterocycles. The topological polar surface area (TPSA) is 59.2 Å². The van der Waals surface area contributed by atoms with Crippen molar-refractivity contribution in [3.63, 3.8) is 0 Å². The van der Waals surface area contributed by atoms with Crippen LogP contribution in [0.3, 0.4) is 0 Å². The van der Waals surface area contributed by atoms with Crippen LogP contribution in [-0.4, -0.2) is 28.4 Å². The van der Waals surface area contributed by atoms with Gasteiger partial charge in [-0.3, -0.25) is 4.79 Å². The number of fused-ring (bicyclic) bond motifs is 1. The Balaban J connectivity index is 2.55. The number of anilines is 1. The summed E-state index contributed by atoms with van der Waals surface area (Å²) in [7, 11) is 0. The Bertz CT molecular complexity index is 618. The predicted molar refractivity (Wildman–Crippen MR) is 80.6 cm³/mol. The lowest BCUT2D eigenvalue weighted by atomic mass is 10.1.